The van der Waals surface area contributed by atoms with Gasteiger partial charge in [-0.2, -0.15) is 0 Å². The molecule has 3 aromatic rings. The van der Waals surface area contributed by atoms with E-state index in [4.69, 9.17) is 4.74 Å². The number of para-hydroxylation sites is 1. The summed E-state index contributed by atoms with van der Waals surface area (Å²) in [6.07, 6.45) is 2.31. The highest BCUT2D eigenvalue weighted by Gasteiger charge is 2.21. The highest BCUT2D eigenvalue weighted by Crippen LogP contribution is 2.19. The predicted octanol–water partition coefficient (Wildman–Crippen LogP) is 2.68. The first-order valence-corrected chi connectivity index (χ1v) is 9.23. The molecule has 0 fully saturated rings. The highest BCUT2D eigenvalue weighted by atomic mass is 16.5. The second-order valence-electron chi connectivity index (χ2n) is 6.78. The van der Waals surface area contributed by atoms with Gasteiger partial charge in [-0.05, 0) is 22.8 Å². The third-order valence-corrected chi connectivity index (χ3v) is 4.59. The molecule has 2 amide bonds. The minimum atomic E-state index is -0.635. The SMILES string of the molecule is COCc1ccc(CNC(=O)C(Cc2c[nH]c3ccccc23)NC(C)=O)cc1. The Hall–Kier alpha value is -3.12. The number of aromatic amines is 1. The van der Waals surface area contributed by atoms with E-state index in [0.717, 1.165) is 27.6 Å². The van der Waals surface area contributed by atoms with Gasteiger partial charge in [0.1, 0.15) is 6.04 Å². The Morgan fingerprint density at radius 2 is 1.79 bits per heavy atom. The summed E-state index contributed by atoms with van der Waals surface area (Å²) in [5, 5.41) is 6.74. The maximum atomic E-state index is 12.7. The Kier molecular flexibility index (Phi) is 6.45. The Balaban J connectivity index is 1.66. The monoisotopic (exact) mass is 379 g/mol. The second-order valence-corrected chi connectivity index (χ2v) is 6.78. The number of H-pyrrole nitrogens is 1. The van der Waals surface area contributed by atoms with Crippen LogP contribution in [0.2, 0.25) is 0 Å². The van der Waals surface area contributed by atoms with Gasteiger partial charge in [-0.3, -0.25) is 9.59 Å². The Bertz CT molecular complexity index is 947. The molecule has 6 heteroatoms. The maximum absolute atomic E-state index is 12.7. The molecular formula is C22H25N3O3. The highest BCUT2D eigenvalue weighted by molar-refractivity contribution is 5.89. The smallest absolute Gasteiger partial charge is 0.243 e. The van der Waals surface area contributed by atoms with Crippen molar-refractivity contribution in [2.24, 2.45) is 0 Å². The largest absolute Gasteiger partial charge is 0.380 e. The number of carbonyl (C=O) groups is 2. The molecule has 0 spiro atoms. The molecule has 1 atom stereocenters. The van der Waals surface area contributed by atoms with E-state index in [1.165, 1.54) is 6.92 Å². The van der Waals surface area contributed by atoms with Crippen LogP contribution < -0.4 is 10.6 Å². The summed E-state index contributed by atoms with van der Waals surface area (Å²) in [6, 6.07) is 15.1. The zero-order valence-corrected chi connectivity index (χ0v) is 16.1. The number of methoxy groups -OCH3 is 1. The first-order valence-electron chi connectivity index (χ1n) is 9.23. The van der Waals surface area contributed by atoms with Crippen LogP contribution in [-0.4, -0.2) is 29.9 Å². The van der Waals surface area contributed by atoms with Crippen LogP contribution in [0.1, 0.15) is 23.6 Å². The molecule has 0 aliphatic heterocycles. The lowest BCUT2D eigenvalue weighted by atomic mass is 10.0. The summed E-state index contributed by atoms with van der Waals surface area (Å²) in [5.41, 5.74) is 4.07. The molecule has 0 saturated carbocycles. The number of benzene rings is 2. The normalized spacial score (nSPS) is 11.9. The van der Waals surface area contributed by atoms with Crippen LogP contribution in [0.5, 0.6) is 0 Å². The van der Waals surface area contributed by atoms with Crippen molar-refractivity contribution in [3.63, 3.8) is 0 Å². The molecule has 0 radical (unpaired) electrons. The average Bonchev–Trinajstić information content (AvgIpc) is 3.09. The molecule has 6 nitrogen and oxygen atoms in total. The molecule has 1 aromatic heterocycles. The fourth-order valence-corrected chi connectivity index (χ4v) is 3.21. The zero-order valence-electron chi connectivity index (χ0n) is 16.1. The van der Waals surface area contributed by atoms with Gasteiger partial charge < -0.3 is 20.4 Å². The maximum Gasteiger partial charge on any atom is 0.243 e. The molecule has 2 aromatic carbocycles. The molecule has 3 rings (SSSR count). The van der Waals surface area contributed by atoms with Crippen LogP contribution in [0.15, 0.2) is 54.7 Å². The fourth-order valence-electron chi connectivity index (χ4n) is 3.21. The number of aromatic nitrogens is 1. The van der Waals surface area contributed by atoms with Gasteiger partial charge in [0.25, 0.3) is 0 Å². The number of hydrogen-bond acceptors (Lipinski definition) is 3. The topological polar surface area (TPSA) is 83.2 Å². The first-order chi connectivity index (χ1) is 13.6. The van der Waals surface area contributed by atoms with Gasteiger partial charge >= 0.3 is 0 Å². The molecule has 3 N–H and O–H groups in total. The first kappa shape index (κ1) is 19.6. The van der Waals surface area contributed by atoms with E-state index in [0.29, 0.717) is 19.6 Å². The predicted molar refractivity (Wildman–Crippen MR) is 109 cm³/mol. The molecule has 146 valence electrons. The van der Waals surface area contributed by atoms with Gasteiger partial charge in [0, 0.05) is 44.1 Å². The summed E-state index contributed by atoms with van der Waals surface area (Å²) in [5.74, 6) is -0.439. The van der Waals surface area contributed by atoms with E-state index < -0.39 is 6.04 Å². The van der Waals surface area contributed by atoms with Crippen LogP contribution in [0, 0.1) is 0 Å². The van der Waals surface area contributed by atoms with Crippen molar-refractivity contribution >= 4 is 22.7 Å². The molecule has 0 aliphatic rings. The van der Waals surface area contributed by atoms with Gasteiger partial charge in [0.2, 0.25) is 11.8 Å². The van der Waals surface area contributed by atoms with Crippen LogP contribution in [0.4, 0.5) is 0 Å². The van der Waals surface area contributed by atoms with Crippen LogP contribution in [0.25, 0.3) is 10.9 Å². The number of nitrogens with one attached hydrogen (secondary N) is 3. The third-order valence-electron chi connectivity index (χ3n) is 4.59. The lowest BCUT2D eigenvalue weighted by Crippen LogP contribution is -2.47. The standard InChI is InChI=1S/C22H25N3O3/c1-15(26)25-21(11-18-13-23-20-6-4-3-5-19(18)20)22(27)24-12-16-7-9-17(10-8-16)14-28-2/h3-10,13,21,23H,11-12,14H2,1-2H3,(H,24,27)(H,25,26). The van der Waals surface area contributed by atoms with E-state index in [-0.39, 0.29) is 11.8 Å². The van der Waals surface area contributed by atoms with E-state index in [1.54, 1.807) is 7.11 Å². The lowest BCUT2D eigenvalue weighted by molar-refractivity contribution is -0.128. The molecule has 1 unspecified atom stereocenters. The quantitative estimate of drug-likeness (QED) is 0.563. The average molecular weight is 379 g/mol. The molecular weight excluding hydrogens is 354 g/mol. The van der Waals surface area contributed by atoms with Crippen LogP contribution in [0.3, 0.4) is 0 Å². The summed E-state index contributed by atoms with van der Waals surface area (Å²) in [6.45, 7) is 2.38. The van der Waals surface area contributed by atoms with Crippen LogP contribution >= 0.6 is 0 Å². The minimum Gasteiger partial charge on any atom is -0.380 e. The summed E-state index contributed by atoms with van der Waals surface area (Å²) < 4.78 is 5.10. The van der Waals surface area contributed by atoms with Gasteiger partial charge in [0.05, 0.1) is 6.61 Å². The zero-order chi connectivity index (χ0) is 19.9. The number of hydrogen-bond donors (Lipinski definition) is 3. The van der Waals surface area contributed by atoms with E-state index >= 15 is 0 Å². The van der Waals surface area contributed by atoms with Crippen LogP contribution in [-0.2, 0) is 33.9 Å². The Morgan fingerprint density at radius 3 is 2.50 bits per heavy atom. The molecule has 1 heterocycles. The Labute approximate surface area is 164 Å². The van der Waals surface area contributed by atoms with Crippen molar-refractivity contribution in [3.8, 4) is 0 Å². The molecule has 0 aliphatic carbocycles. The van der Waals surface area contributed by atoms with Gasteiger partial charge in [0.15, 0.2) is 0 Å². The van der Waals surface area contributed by atoms with E-state index in [1.807, 2.05) is 54.7 Å². The molecule has 0 saturated heterocycles. The third kappa shape index (κ3) is 4.98. The van der Waals surface area contributed by atoms with Crippen molar-refractivity contribution in [3.05, 3.63) is 71.4 Å². The second kappa shape index (κ2) is 9.19. The molecule has 28 heavy (non-hydrogen) atoms. The van der Waals surface area contributed by atoms with E-state index in [9.17, 15) is 9.59 Å². The molecule has 0 bridgehead atoms. The van der Waals surface area contributed by atoms with Crippen molar-refractivity contribution < 1.29 is 14.3 Å². The number of carbonyl (C=O) groups excluding carboxylic acids is 2. The van der Waals surface area contributed by atoms with Gasteiger partial charge in [-0.15, -0.1) is 0 Å². The van der Waals surface area contributed by atoms with Gasteiger partial charge in [-0.1, -0.05) is 42.5 Å². The minimum absolute atomic E-state index is 0.207. The lowest BCUT2D eigenvalue weighted by Gasteiger charge is -2.17. The number of amides is 2. The Morgan fingerprint density at radius 1 is 1.07 bits per heavy atom. The summed E-state index contributed by atoms with van der Waals surface area (Å²) >= 11 is 0. The van der Waals surface area contributed by atoms with Crippen molar-refractivity contribution in [1.29, 1.82) is 0 Å². The summed E-state index contributed by atoms with van der Waals surface area (Å²) in [4.78, 5) is 27.5. The van der Waals surface area contributed by atoms with E-state index in [2.05, 4.69) is 15.6 Å². The van der Waals surface area contributed by atoms with Crippen molar-refractivity contribution in [2.75, 3.05) is 7.11 Å². The van der Waals surface area contributed by atoms with Crippen molar-refractivity contribution in [1.82, 2.24) is 15.6 Å². The van der Waals surface area contributed by atoms with Crippen molar-refractivity contribution in [2.45, 2.75) is 32.5 Å². The number of fused-ring (bicyclic) bond motifs is 1. The van der Waals surface area contributed by atoms with Gasteiger partial charge in [-0.25, -0.2) is 0 Å². The summed E-state index contributed by atoms with van der Waals surface area (Å²) in [7, 11) is 1.66. The number of rotatable bonds is 8. The fraction of sp³-hybridized carbons (Fsp3) is 0.273. The number of ether oxygens (including phenoxy) is 1.